The van der Waals surface area contributed by atoms with Crippen molar-refractivity contribution in [2.75, 3.05) is 43.1 Å². The van der Waals surface area contributed by atoms with Gasteiger partial charge in [0.1, 0.15) is 5.82 Å². The Morgan fingerprint density at radius 3 is 2.05 bits per heavy atom. The van der Waals surface area contributed by atoms with E-state index in [0.717, 1.165) is 30.4 Å². The minimum atomic E-state index is -0.448. The zero-order valence-electron chi connectivity index (χ0n) is 21.3. The molecule has 0 bridgehead atoms. The van der Waals surface area contributed by atoms with Gasteiger partial charge in [-0.3, -0.25) is 0 Å². The van der Waals surface area contributed by atoms with Gasteiger partial charge in [-0.25, -0.2) is 9.18 Å². The van der Waals surface area contributed by atoms with Crippen LogP contribution in [0.5, 0.6) is 0 Å². The average molecular weight is 557 g/mol. The van der Waals surface area contributed by atoms with Gasteiger partial charge in [-0.15, -0.1) is 0 Å². The van der Waals surface area contributed by atoms with Crippen LogP contribution in [0, 0.1) is 5.82 Å². The minimum Gasteiger partial charge on any atom is -0.378 e. The summed E-state index contributed by atoms with van der Waals surface area (Å²) in [5.74, 6) is -0.350. The van der Waals surface area contributed by atoms with E-state index in [2.05, 4.69) is 5.32 Å². The van der Waals surface area contributed by atoms with Crippen LogP contribution in [0.1, 0.15) is 30.4 Å². The Bertz CT molecular complexity index is 1200. The third-order valence-corrected chi connectivity index (χ3v) is 8.04. The summed E-state index contributed by atoms with van der Waals surface area (Å²) < 4.78 is 20.4. The summed E-state index contributed by atoms with van der Waals surface area (Å²) in [6.07, 6.45) is 4.17. The minimum absolute atomic E-state index is 0.217. The third-order valence-electron chi connectivity index (χ3n) is 7.54. The number of hydrogen-bond acceptors (Lipinski definition) is 3. The van der Waals surface area contributed by atoms with Gasteiger partial charge in [0.05, 0.1) is 24.4 Å². The van der Waals surface area contributed by atoms with Crippen LogP contribution in [0.3, 0.4) is 0 Å². The number of urea groups is 1. The van der Waals surface area contributed by atoms with E-state index in [1.807, 2.05) is 58.3 Å². The molecule has 38 heavy (non-hydrogen) atoms. The van der Waals surface area contributed by atoms with E-state index in [0.29, 0.717) is 67.1 Å². The van der Waals surface area contributed by atoms with Gasteiger partial charge >= 0.3 is 6.03 Å². The second kappa shape index (κ2) is 11.9. The first-order valence-corrected chi connectivity index (χ1v) is 13.9. The van der Waals surface area contributed by atoms with E-state index in [9.17, 15) is 4.79 Å². The lowest BCUT2D eigenvalue weighted by atomic mass is 9.77. The number of morpholine rings is 1. The van der Waals surface area contributed by atoms with Gasteiger partial charge in [-0.2, -0.15) is 0 Å². The van der Waals surface area contributed by atoms with Crippen molar-refractivity contribution < 1.29 is 13.9 Å². The summed E-state index contributed by atoms with van der Waals surface area (Å²) in [5.41, 5.74) is 2.76. The van der Waals surface area contributed by atoms with Crippen LogP contribution in [-0.2, 0) is 17.6 Å². The predicted octanol–water partition coefficient (Wildman–Crippen LogP) is 7.21. The topological polar surface area (TPSA) is 44.8 Å². The fourth-order valence-electron chi connectivity index (χ4n) is 5.64. The number of likely N-dealkylation sites (tertiary alicyclic amines) is 1. The van der Waals surface area contributed by atoms with Crippen LogP contribution in [0.15, 0.2) is 66.7 Å². The highest BCUT2D eigenvalue weighted by atomic mass is 35.5. The van der Waals surface area contributed by atoms with Crippen LogP contribution in [0.2, 0.25) is 10.0 Å². The standard InChI is InChI=1S/C30H32Cl2FN3O2/c31-24-7-3-22(4-8-24)20-30(21-23-5-9-25(32)10-6-23)13-1-2-14-36(30)29(37)34-26-11-12-28(27(33)19-26)35-15-17-38-18-16-35/h3-12,19H,1-2,13-18,20-21H2,(H,34,37). The SMILES string of the molecule is O=C(Nc1ccc(N2CCOCC2)c(F)c1)N1CCCCC1(Cc1ccc(Cl)cc1)Cc1ccc(Cl)cc1. The van der Waals surface area contributed by atoms with Crippen molar-refractivity contribution in [3.63, 3.8) is 0 Å². The maximum Gasteiger partial charge on any atom is 0.322 e. The number of benzene rings is 3. The van der Waals surface area contributed by atoms with Crippen molar-refractivity contribution in [1.29, 1.82) is 0 Å². The van der Waals surface area contributed by atoms with Crippen molar-refractivity contribution in [3.05, 3.63) is 93.7 Å². The molecule has 2 aliphatic rings. The Morgan fingerprint density at radius 1 is 0.868 bits per heavy atom. The lowest BCUT2D eigenvalue weighted by molar-refractivity contribution is 0.0830. The monoisotopic (exact) mass is 555 g/mol. The average Bonchev–Trinajstić information content (AvgIpc) is 2.92. The van der Waals surface area contributed by atoms with Gasteiger partial charge in [-0.1, -0.05) is 47.5 Å². The molecule has 0 atom stereocenters. The summed E-state index contributed by atoms with van der Waals surface area (Å²) in [6.45, 7) is 3.08. The molecule has 0 saturated carbocycles. The van der Waals surface area contributed by atoms with Crippen molar-refractivity contribution in [2.45, 2.75) is 37.6 Å². The van der Waals surface area contributed by atoms with E-state index in [-0.39, 0.29) is 11.8 Å². The number of amides is 2. The number of hydrogen-bond donors (Lipinski definition) is 1. The maximum absolute atomic E-state index is 15.1. The van der Waals surface area contributed by atoms with E-state index in [1.165, 1.54) is 6.07 Å². The molecule has 0 radical (unpaired) electrons. The largest absolute Gasteiger partial charge is 0.378 e. The van der Waals surface area contributed by atoms with Crippen molar-refractivity contribution in [1.82, 2.24) is 4.90 Å². The number of piperidine rings is 1. The summed E-state index contributed by atoms with van der Waals surface area (Å²) >= 11 is 12.3. The molecule has 0 spiro atoms. The van der Waals surface area contributed by atoms with E-state index in [4.69, 9.17) is 27.9 Å². The first-order valence-electron chi connectivity index (χ1n) is 13.1. The molecule has 2 saturated heterocycles. The quantitative estimate of drug-likeness (QED) is 0.349. The second-order valence-corrected chi connectivity index (χ2v) is 11.0. The number of carbonyl (C=O) groups is 1. The Morgan fingerprint density at radius 2 is 1.47 bits per heavy atom. The number of halogens is 3. The van der Waals surface area contributed by atoms with Gasteiger partial charge in [-0.05, 0) is 85.7 Å². The van der Waals surface area contributed by atoms with E-state index < -0.39 is 5.54 Å². The fourth-order valence-corrected chi connectivity index (χ4v) is 5.90. The van der Waals surface area contributed by atoms with Crippen LogP contribution < -0.4 is 10.2 Å². The maximum atomic E-state index is 15.1. The van der Waals surface area contributed by atoms with Crippen LogP contribution in [0.4, 0.5) is 20.6 Å². The summed E-state index contributed by atoms with van der Waals surface area (Å²) in [6, 6.07) is 20.4. The smallest absolute Gasteiger partial charge is 0.322 e. The lowest BCUT2D eigenvalue weighted by Gasteiger charge is -2.48. The summed E-state index contributed by atoms with van der Waals surface area (Å²) in [4.78, 5) is 17.7. The third kappa shape index (κ3) is 6.25. The molecule has 1 N–H and O–H groups in total. The first kappa shape index (κ1) is 26.8. The number of anilines is 2. The highest BCUT2D eigenvalue weighted by Crippen LogP contribution is 2.36. The molecule has 0 unspecified atom stereocenters. The molecule has 2 aliphatic heterocycles. The molecule has 0 aromatic heterocycles. The number of rotatable bonds is 6. The second-order valence-electron chi connectivity index (χ2n) is 10.1. The molecule has 5 rings (SSSR count). The van der Waals surface area contributed by atoms with Crippen molar-refractivity contribution >= 4 is 40.6 Å². The molecule has 2 heterocycles. The Kier molecular flexibility index (Phi) is 8.42. The summed E-state index contributed by atoms with van der Waals surface area (Å²) in [7, 11) is 0. The Balaban J connectivity index is 1.41. The normalized spacial score (nSPS) is 17.3. The first-order chi connectivity index (χ1) is 18.4. The van der Waals surface area contributed by atoms with Crippen LogP contribution in [0.25, 0.3) is 0 Å². The van der Waals surface area contributed by atoms with E-state index in [1.54, 1.807) is 12.1 Å². The lowest BCUT2D eigenvalue weighted by Crippen LogP contribution is -2.58. The Hall–Kier alpha value is -2.80. The van der Waals surface area contributed by atoms with E-state index >= 15 is 4.39 Å². The molecular weight excluding hydrogens is 524 g/mol. The molecule has 3 aromatic rings. The van der Waals surface area contributed by atoms with Gasteiger partial charge < -0.3 is 19.9 Å². The molecule has 200 valence electrons. The molecule has 2 amide bonds. The highest BCUT2D eigenvalue weighted by Gasteiger charge is 2.42. The zero-order chi connectivity index (χ0) is 26.5. The molecule has 2 fully saturated rings. The summed E-state index contributed by atoms with van der Waals surface area (Å²) in [5, 5.41) is 4.35. The van der Waals surface area contributed by atoms with Crippen molar-refractivity contribution in [3.8, 4) is 0 Å². The number of carbonyl (C=O) groups excluding carboxylic acids is 1. The van der Waals surface area contributed by atoms with Crippen molar-refractivity contribution in [2.24, 2.45) is 0 Å². The molecule has 5 nitrogen and oxygen atoms in total. The molecule has 8 heteroatoms. The molecule has 0 aliphatic carbocycles. The Labute approximate surface area is 233 Å². The molecular formula is C30H32Cl2FN3O2. The highest BCUT2D eigenvalue weighted by molar-refractivity contribution is 6.30. The number of nitrogens with zero attached hydrogens (tertiary/aromatic N) is 2. The predicted molar refractivity (Wildman–Crippen MR) is 152 cm³/mol. The van der Waals surface area contributed by atoms with Gasteiger partial charge in [0.25, 0.3) is 0 Å². The number of ether oxygens (including phenoxy) is 1. The fraction of sp³-hybridized carbons (Fsp3) is 0.367. The zero-order valence-corrected chi connectivity index (χ0v) is 22.8. The van der Waals surface area contributed by atoms with Gasteiger partial charge in [0.2, 0.25) is 0 Å². The number of nitrogens with one attached hydrogen (secondary N) is 1. The van der Waals surface area contributed by atoms with Gasteiger partial charge in [0.15, 0.2) is 0 Å². The molecule has 3 aromatic carbocycles. The van der Waals surface area contributed by atoms with Crippen LogP contribution >= 0.6 is 23.2 Å². The van der Waals surface area contributed by atoms with Gasteiger partial charge in [0, 0.05) is 35.4 Å². The van der Waals surface area contributed by atoms with Crippen LogP contribution in [-0.4, -0.2) is 49.3 Å².